The molecule has 0 saturated carbocycles. The van der Waals surface area contributed by atoms with Crippen molar-refractivity contribution in [1.82, 2.24) is 0 Å². The summed E-state index contributed by atoms with van der Waals surface area (Å²) in [7, 11) is 0. The molecule has 20 heavy (non-hydrogen) atoms. The van der Waals surface area contributed by atoms with Gasteiger partial charge in [0.1, 0.15) is 18.7 Å². The van der Waals surface area contributed by atoms with Crippen LogP contribution in [0.15, 0.2) is 54.6 Å². The lowest BCUT2D eigenvalue weighted by Crippen LogP contribution is -2.86. The van der Waals surface area contributed by atoms with Crippen LogP contribution in [0.5, 0.6) is 0 Å². The van der Waals surface area contributed by atoms with Crippen molar-refractivity contribution in [1.29, 1.82) is 0 Å². The third-order valence-corrected chi connectivity index (χ3v) is 4.24. The number of hydrogen-bond donors (Lipinski definition) is 2. The van der Waals surface area contributed by atoms with Gasteiger partial charge in [-0.3, -0.25) is 0 Å². The third-order valence-electron chi connectivity index (χ3n) is 4.24. The Hall–Kier alpha value is -1.64. The van der Waals surface area contributed by atoms with Crippen LogP contribution in [-0.2, 0) is 6.42 Å². The van der Waals surface area contributed by atoms with Crippen LogP contribution in [0.3, 0.4) is 0 Å². The first-order chi connectivity index (χ1) is 9.84. The summed E-state index contributed by atoms with van der Waals surface area (Å²) in [5, 5.41) is 12.6. The number of aryl methyl sites for hydroxylation is 1. The van der Waals surface area contributed by atoms with Crippen LogP contribution in [0.25, 0.3) is 0 Å². The molecule has 2 atom stereocenters. The molecule has 0 amide bonds. The largest absolute Gasteiger partial charge is 0.382 e. The van der Waals surface area contributed by atoms with E-state index in [2.05, 4.69) is 29.6 Å². The summed E-state index contributed by atoms with van der Waals surface area (Å²) in [5.41, 5.74) is 3.95. The normalized spacial score (nSPS) is 19.4. The minimum atomic E-state index is -0.384. The number of aliphatic hydroxyl groups excluding tert-OH is 1. The molecule has 0 aromatic heterocycles. The average Bonchev–Trinajstić information content (AvgIpc) is 2.53. The number of nitrogens with two attached hydrogens (primary N) is 1. The van der Waals surface area contributed by atoms with Crippen LogP contribution in [0.2, 0.25) is 0 Å². The van der Waals surface area contributed by atoms with Gasteiger partial charge in [-0.15, -0.1) is 0 Å². The molecule has 0 saturated heterocycles. The lowest BCUT2D eigenvalue weighted by atomic mass is 9.87. The average molecular weight is 268 g/mol. The molecule has 0 aliphatic heterocycles. The van der Waals surface area contributed by atoms with Crippen LogP contribution in [0.4, 0.5) is 0 Å². The molecule has 1 aliphatic carbocycles. The molecule has 2 nitrogen and oxygen atoms in total. The van der Waals surface area contributed by atoms with Crippen molar-refractivity contribution >= 4 is 0 Å². The Morgan fingerprint density at radius 2 is 1.80 bits per heavy atom. The van der Waals surface area contributed by atoms with E-state index >= 15 is 0 Å². The Morgan fingerprint density at radius 3 is 2.65 bits per heavy atom. The minimum Gasteiger partial charge on any atom is -0.382 e. The molecule has 2 heteroatoms. The van der Waals surface area contributed by atoms with Gasteiger partial charge in [-0.1, -0.05) is 54.6 Å². The number of quaternary nitrogens is 1. The van der Waals surface area contributed by atoms with Gasteiger partial charge in [-0.25, -0.2) is 0 Å². The lowest BCUT2D eigenvalue weighted by Gasteiger charge is -2.24. The molecular weight excluding hydrogens is 246 g/mol. The Kier molecular flexibility index (Phi) is 4.14. The predicted molar refractivity (Wildman–Crippen MR) is 80.3 cm³/mol. The SMILES string of the molecule is O[C@@H](C[NH2+][C@@H]1CCCc2ccccc21)c1ccccc1. The fourth-order valence-electron chi connectivity index (χ4n) is 3.14. The standard InChI is InChI=1S/C18H21NO/c20-18(15-8-2-1-3-9-15)13-19-17-12-6-10-14-7-4-5-11-16(14)17/h1-5,7-9,11,17-20H,6,10,12-13H2/p+1/t17-,18+/m1/s1. The van der Waals surface area contributed by atoms with Crippen LogP contribution in [-0.4, -0.2) is 11.7 Å². The van der Waals surface area contributed by atoms with E-state index in [0.29, 0.717) is 6.04 Å². The number of benzene rings is 2. The van der Waals surface area contributed by atoms with Gasteiger partial charge in [0.15, 0.2) is 0 Å². The molecule has 2 aromatic carbocycles. The summed E-state index contributed by atoms with van der Waals surface area (Å²) in [6.45, 7) is 0.725. The zero-order valence-electron chi connectivity index (χ0n) is 11.7. The minimum absolute atomic E-state index is 0.384. The highest BCUT2D eigenvalue weighted by Crippen LogP contribution is 2.26. The highest BCUT2D eigenvalue weighted by Gasteiger charge is 2.23. The first-order valence-corrected chi connectivity index (χ1v) is 7.49. The van der Waals surface area contributed by atoms with Crippen molar-refractivity contribution in [2.24, 2.45) is 0 Å². The molecule has 0 spiro atoms. The zero-order chi connectivity index (χ0) is 13.8. The smallest absolute Gasteiger partial charge is 0.128 e. The number of aliphatic hydroxyl groups is 1. The maximum atomic E-state index is 10.3. The van der Waals surface area contributed by atoms with Crippen molar-refractivity contribution in [3.8, 4) is 0 Å². The monoisotopic (exact) mass is 268 g/mol. The zero-order valence-corrected chi connectivity index (χ0v) is 11.7. The Bertz CT molecular complexity index is 552. The quantitative estimate of drug-likeness (QED) is 0.877. The van der Waals surface area contributed by atoms with Crippen molar-refractivity contribution in [2.45, 2.75) is 31.4 Å². The number of fused-ring (bicyclic) bond motifs is 1. The van der Waals surface area contributed by atoms with Crippen molar-refractivity contribution in [3.63, 3.8) is 0 Å². The van der Waals surface area contributed by atoms with Crippen LogP contribution in [0, 0.1) is 0 Å². The Morgan fingerprint density at radius 1 is 1.05 bits per heavy atom. The maximum absolute atomic E-state index is 10.3. The first-order valence-electron chi connectivity index (χ1n) is 7.49. The van der Waals surface area contributed by atoms with Gasteiger partial charge < -0.3 is 10.4 Å². The molecule has 1 aliphatic rings. The van der Waals surface area contributed by atoms with Gasteiger partial charge in [-0.2, -0.15) is 0 Å². The van der Waals surface area contributed by atoms with E-state index in [-0.39, 0.29) is 6.10 Å². The first kappa shape index (κ1) is 13.3. The predicted octanol–water partition coefficient (Wildman–Crippen LogP) is 2.36. The molecule has 104 valence electrons. The van der Waals surface area contributed by atoms with E-state index in [0.717, 1.165) is 12.1 Å². The molecule has 0 fully saturated rings. The second-order valence-corrected chi connectivity index (χ2v) is 5.60. The van der Waals surface area contributed by atoms with Crippen molar-refractivity contribution in [2.75, 3.05) is 6.54 Å². The Balaban J connectivity index is 1.65. The summed E-state index contributed by atoms with van der Waals surface area (Å²) in [4.78, 5) is 0. The summed E-state index contributed by atoms with van der Waals surface area (Å²) >= 11 is 0. The summed E-state index contributed by atoms with van der Waals surface area (Å²) < 4.78 is 0. The second-order valence-electron chi connectivity index (χ2n) is 5.60. The van der Waals surface area contributed by atoms with E-state index in [1.807, 2.05) is 30.3 Å². The van der Waals surface area contributed by atoms with Gasteiger partial charge in [0.25, 0.3) is 0 Å². The van der Waals surface area contributed by atoms with Crippen LogP contribution < -0.4 is 5.32 Å². The highest BCUT2D eigenvalue weighted by molar-refractivity contribution is 5.30. The van der Waals surface area contributed by atoms with Crippen molar-refractivity contribution in [3.05, 3.63) is 71.3 Å². The van der Waals surface area contributed by atoms with Gasteiger partial charge in [0.2, 0.25) is 0 Å². The molecule has 0 heterocycles. The van der Waals surface area contributed by atoms with Gasteiger partial charge in [-0.05, 0) is 24.0 Å². The molecule has 2 aromatic rings. The second kappa shape index (κ2) is 6.21. The van der Waals surface area contributed by atoms with Crippen molar-refractivity contribution < 1.29 is 10.4 Å². The molecule has 0 unspecified atom stereocenters. The highest BCUT2D eigenvalue weighted by atomic mass is 16.3. The number of rotatable bonds is 4. The maximum Gasteiger partial charge on any atom is 0.128 e. The summed E-state index contributed by atoms with van der Waals surface area (Å²) in [6, 6.07) is 19.2. The fraction of sp³-hybridized carbons (Fsp3) is 0.333. The van der Waals surface area contributed by atoms with Gasteiger partial charge in [0.05, 0.1) is 0 Å². The Labute approximate surface area is 120 Å². The number of hydrogen-bond acceptors (Lipinski definition) is 1. The van der Waals surface area contributed by atoms with E-state index in [1.54, 1.807) is 0 Å². The fourth-order valence-corrected chi connectivity index (χ4v) is 3.14. The third kappa shape index (κ3) is 2.92. The molecule has 3 rings (SSSR count). The van der Waals surface area contributed by atoms with E-state index in [9.17, 15) is 5.11 Å². The summed E-state index contributed by atoms with van der Waals surface area (Å²) in [5.74, 6) is 0. The molecule has 0 bridgehead atoms. The van der Waals surface area contributed by atoms with E-state index in [1.165, 1.54) is 30.4 Å². The molecule has 0 radical (unpaired) electrons. The lowest BCUT2D eigenvalue weighted by molar-refractivity contribution is -0.703. The van der Waals surface area contributed by atoms with E-state index in [4.69, 9.17) is 0 Å². The van der Waals surface area contributed by atoms with Crippen LogP contribution >= 0.6 is 0 Å². The van der Waals surface area contributed by atoms with E-state index < -0.39 is 0 Å². The molecular formula is C18H22NO+. The van der Waals surface area contributed by atoms with Gasteiger partial charge in [0, 0.05) is 12.0 Å². The van der Waals surface area contributed by atoms with Crippen LogP contribution in [0.1, 0.15) is 41.7 Å². The topological polar surface area (TPSA) is 36.8 Å². The summed E-state index contributed by atoms with van der Waals surface area (Å²) in [6.07, 6.45) is 3.27. The molecule has 3 N–H and O–H groups in total. The van der Waals surface area contributed by atoms with Gasteiger partial charge >= 0.3 is 0 Å².